The van der Waals surface area contributed by atoms with E-state index < -0.39 is 11.2 Å². The molecule has 2 aromatic heterocycles. The summed E-state index contributed by atoms with van der Waals surface area (Å²) < 4.78 is 0.942. The minimum atomic E-state index is -0.507. The minimum Gasteiger partial charge on any atom is -0.352 e. The van der Waals surface area contributed by atoms with Gasteiger partial charge in [0.25, 0.3) is 5.56 Å². The van der Waals surface area contributed by atoms with E-state index in [9.17, 15) is 14.4 Å². The van der Waals surface area contributed by atoms with E-state index in [2.05, 4.69) is 20.3 Å². The molecule has 0 atom stereocenters. The fourth-order valence-corrected chi connectivity index (χ4v) is 2.47. The number of hydrogen-bond acceptors (Lipinski definition) is 4. The minimum absolute atomic E-state index is 0.0884. The molecular formula is C16H17N5O3. The molecule has 3 N–H and O–H groups in total. The van der Waals surface area contributed by atoms with Gasteiger partial charge in [0.1, 0.15) is 5.82 Å². The molecule has 0 bridgehead atoms. The Balaban J connectivity index is 1.67. The number of benzene rings is 1. The van der Waals surface area contributed by atoms with Crippen LogP contribution >= 0.6 is 0 Å². The standard InChI is InChI=1S/C16H17N5O3/c1-9-19-12-4-3-10(5-13(12)20-9)7-17-14(22)6-11-8-18-16(24)21(2)15(11)23/h3-5,8H,6-7H2,1-2H3,(H,17,22)(H,18,24)(H,19,20). The van der Waals surface area contributed by atoms with Crippen LogP contribution in [0.5, 0.6) is 0 Å². The van der Waals surface area contributed by atoms with E-state index in [1.165, 1.54) is 13.2 Å². The highest BCUT2D eigenvalue weighted by atomic mass is 16.2. The molecule has 8 heteroatoms. The summed E-state index contributed by atoms with van der Waals surface area (Å²) in [5, 5.41) is 2.77. The maximum Gasteiger partial charge on any atom is 0.328 e. The maximum absolute atomic E-state index is 12.0. The van der Waals surface area contributed by atoms with Gasteiger partial charge in [-0.1, -0.05) is 6.07 Å². The van der Waals surface area contributed by atoms with Crippen molar-refractivity contribution in [2.75, 3.05) is 0 Å². The van der Waals surface area contributed by atoms with E-state index in [1.807, 2.05) is 25.1 Å². The van der Waals surface area contributed by atoms with Gasteiger partial charge in [0.15, 0.2) is 0 Å². The number of fused-ring (bicyclic) bond motifs is 1. The van der Waals surface area contributed by atoms with E-state index in [0.717, 1.165) is 27.0 Å². The van der Waals surface area contributed by atoms with E-state index in [1.54, 1.807) is 0 Å². The number of rotatable bonds is 4. The summed E-state index contributed by atoms with van der Waals surface area (Å²) in [5.74, 6) is 0.542. The van der Waals surface area contributed by atoms with Crippen molar-refractivity contribution in [2.24, 2.45) is 7.05 Å². The van der Waals surface area contributed by atoms with E-state index >= 15 is 0 Å². The average molecular weight is 327 g/mol. The molecule has 0 radical (unpaired) electrons. The van der Waals surface area contributed by atoms with Crippen molar-refractivity contribution in [3.63, 3.8) is 0 Å². The van der Waals surface area contributed by atoms with E-state index in [0.29, 0.717) is 6.54 Å². The molecule has 0 aliphatic rings. The smallest absolute Gasteiger partial charge is 0.328 e. The second-order valence-corrected chi connectivity index (χ2v) is 5.61. The molecular weight excluding hydrogens is 310 g/mol. The zero-order valence-electron chi connectivity index (χ0n) is 13.3. The van der Waals surface area contributed by atoms with E-state index in [-0.39, 0.29) is 17.9 Å². The van der Waals surface area contributed by atoms with Crippen LogP contribution < -0.4 is 16.6 Å². The lowest BCUT2D eigenvalue weighted by atomic mass is 10.2. The molecule has 1 amide bonds. The molecule has 8 nitrogen and oxygen atoms in total. The van der Waals surface area contributed by atoms with E-state index in [4.69, 9.17) is 0 Å². The molecule has 0 saturated heterocycles. The molecule has 1 aromatic carbocycles. The summed E-state index contributed by atoms with van der Waals surface area (Å²) >= 11 is 0. The van der Waals surface area contributed by atoms with Crippen LogP contribution in [0, 0.1) is 6.92 Å². The van der Waals surface area contributed by atoms with Gasteiger partial charge in [0.2, 0.25) is 5.91 Å². The Morgan fingerprint density at radius 3 is 2.92 bits per heavy atom. The van der Waals surface area contributed by atoms with Crippen LogP contribution in [0.1, 0.15) is 17.0 Å². The van der Waals surface area contributed by atoms with Crippen LogP contribution in [-0.4, -0.2) is 25.4 Å². The third-order valence-corrected chi connectivity index (χ3v) is 3.76. The highest BCUT2D eigenvalue weighted by Crippen LogP contribution is 2.13. The first kappa shape index (κ1) is 15.7. The summed E-state index contributed by atoms with van der Waals surface area (Å²) in [6.07, 6.45) is 1.19. The van der Waals surface area contributed by atoms with Gasteiger partial charge in [-0.3, -0.25) is 14.2 Å². The van der Waals surface area contributed by atoms with Gasteiger partial charge in [-0.25, -0.2) is 9.78 Å². The van der Waals surface area contributed by atoms with Crippen molar-refractivity contribution in [3.05, 3.63) is 62.2 Å². The van der Waals surface area contributed by atoms with Crippen LogP contribution in [0.3, 0.4) is 0 Å². The predicted molar refractivity (Wildman–Crippen MR) is 88.7 cm³/mol. The molecule has 0 saturated carbocycles. The van der Waals surface area contributed by atoms with Gasteiger partial charge < -0.3 is 15.3 Å². The Labute approximate surface area is 136 Å². The van der Waals surface area contributed by atoms with Crippen molar-refractivity contribution >= 4 is 16.9 Å². The Hall–Kier alpha value is -3.16. The quantitative estimate of drug-likeness (QED) is 0.631. The normalized spacial score (nSPS) is 10.9. The molecule has 24 heavy (non-hydrogen) atoms. The van der Waals surface area contributed by atoms with Gasteiger partial charge in [-0.2, -0.15) is 0 Å². The topological polar surface area (TPSA) is 113 Å². The SMILES string of the molecule is Cc1nc2ccc(CNC(=O)Cc3c[nH]c(=O)n(C)c3=O)cc2[nH]1. The van der Waals surface area contributed by atoms with Gasteiger partial charge in [0.05, 0.1) is 17.5 Å². The van der Waals surface area contributed by atoms with Crippen molar-refractivity contribution in [2.45, 2.75) is 19.9 Å². The van der Waals surface area contributed by atoms with Gasteiger partial charge >= 0.3 is 5.69 Å². The van der Waals surface area contributed by atoms with Crippen LogP contribution in [0.4, 0.5) is 0 Å². The number of hydrogen-bond donors (Lipinski definition) is 3. The predicted octanol–water partition coefficient (Wildman–Crippen LogP) is 0.117. The van der Waals surface area contributed by atoms with Gasteiger partial charge in [0, 0.05) is 25.4 Å². The number of imidazole rings is 1. The van der Waals surface area contributed by atoms with Crippen LogP contribution in [0.2, 0.25) is 0 Å². The third-order valence-electron chi connectivity index (χ3n) is 3.76. The second-order valence-electron chi connectivity index (χ2n) is 5.61. The fourth-order valence-electron chi connectivity index (χ4n) is 2.47. The summed E-state index contributed by atoms with van der Waals surface area (Å²) in [4.78, 5) is 45.1. The lowest BCUT2D eigenvalue weighted by Crippen LogP contribution is -2.36. The summed E-state index contributed by atoms with van der Waals surface area (Å²) in [6, 6.07) is 5.70. The number of aromatic nitrogens is 4. The number of carbonyl (C=O) groups excluding carboxylic acids is 1. The fraction of sp³-hybridized carbons (Fsp3) is 0.250. The van der Waals surface area contributed by atoms with Crippen LogP contribution in [0.15, 0.2) is 34.0 Å². The largest absolute Gasteiger partial charge is 0.352 e. The lowest BCUT2D eigenvalue weighted by Gasteiger charge is -2.06. The molecule has 0 unspecified atom stereocenters. The van der Waals surface area contributed by atoms with Gasteiger partial charge in [-0.15, -0.1) is 0 Å². The summed E-state index contributed by atoms with van der Waals surface area (Å²) in [7, 11) is 1.37. The average Bonchev–Trinajstić information content (AvgIpc) is 2.93. The first-order valence-corrected chi connectivity index (χ1v) is 7.43. The number of carbonyl (C=O) groups is 1. The van der Waals surface area contributed by atoms with Crippen LogP contribution in [-0.2, 0) is 24.8 Å². The first-order chi connectivity index (χ1) is 11.4. The number of amides is 1. The number of aromatic amines is 2. The lowest BCUT2D eigenvalue weighted by molar-refractivity contribution is -0.120. The molecule has 124 valence electrons. The van der Waals surface area contributed by atoms with Crippen molar-refractivity contribution in [1.29, 1.82) is 0 Å². The Kier molecular flexibility index (Phi) is 4.03. The molecule has 0 aliphatic heterocycles. The highest BCUT2D eigenvalue weighted by molar-refractivity contribution is 5.79. The molecule has 0 fully saturated rings. The molecule has 0 aliphatic carbocycles. The third kappa shape index (κ3) is 3.12. The monoisotopic (exact) mass is 327 g/mol. The Morgan fingerprint density at radius 1 is 1.33 bits per heavy atom. The zero-order valence-corrected chi connectivity index (χ0v) is 13.3. The summed E-state index contributed by atoms with van der Waals surface area (Å²) in [6.45, 7) is 2.22. The Morgan fingerprint density at radius 2 is 2.12 bits per heavy atom. The van der Waals surface area contributed by atoms with Gasteiger partial charge in [-0.05, 0) is 24.6 Å². The molecule has 3 rings (SSSR count). The summed E-state index contributed by atoms with van der Waals surface area (Å²) in [5.41, 5.74) is 1.98. The van der Waals surface area contributed by atoms with Crippen LogP contribution in [0.25, 0.3) is 11.0 Å². The number of aryl methyl sites for hydroxylation is 1. The highest BCUT2D eigenvalue weighted by Gasteiger charge is 2.10. The number of nitrogens with one attached hydrogen (secondary N) is 3. The van der Waals surface area contributed by atoms with Crippen molar-refractivity contribution in [1.82, 2.24) is 24.8 Å². The maximum atomic E-state index is 12.0. The first-order valence-electron chi connectivity index (χ1n) is 7.43. The second kappa shape index (κ2) is 6.15. The zero-order chi connectivity index (χ0) is 17.3. The number of nitrogens with zero attached hydrogens (tertiary/aromatic N) is 2. The molecule has 0 spiro atoms. The number of H-pyrrole nitrogens is 2. The molecule has 3 aromatic rings. The molecule has 2 heterocycles. The van der Waals surface area contributed by atoms with Crippen molar-refractivity contribution < 1.29 is 4.79 Å². The Bertz CT molecular complexity index is 1030. The van der Waals surface area contributed by atoms with Crippen molar-refractivity contribution in [3.8, 4) is 0 Å².